The van der Waals surface area contributed by atoms with E-state index in [1.165, 1.54) is 24.5 Å². The van der Waals surface area contributed by atoms with Crippen molar-refractivity contribution in [3.05, 3.63) is 71.3 Å². The lowest BCUT2D eigenvalue weighted by Gasteiger charge is -2.01. The highest BCUT2D eigenvalue weighted by Crippen LogP contribution is 2.33. The second-order valence-corrected chi connectivity index (χ2v) is 5.75. The lowest BCUT2D eigenvalue weighted by atomic mass is 10.1. The highest BCUT2D eigenvalue weighted by atomic mass is 35.5. The quantitative estimate of drug-likeness (QED) is 0.575. The number of benzene rings is 2. The largest absolute Gasteiger partial charge is 0.478 e. The summed E-state index contributed by atoms with van der Waals surface area (Å²) >= 11 is 5.86. The molecule has 0 spiro atoms. The molecule has 0 bridgehead atoms. The highest BCUT2D eigenvalue weighted by molar-refractivity contribution is 6.31. The molecule has 4 rings (SSSR count). The van der Waals surface area contributed by atoms with E-state index in [4.69, 9.17) is 21.1 Å². The lowest BCUT2D eigenvalue weighted by Crippen LogP contribution is -1.95. The molecule has 0 atom stereocenters. The Labute approximate surface area is 145 Å². The standard InChI is InChI=1S/C18H10ClFN2O3/c19-13-3-1-2-12(14(13)20)15-17-22(8-9-25-17)16(21-15)10-4-6-11(7-5-10)18(23)24/h1-9H,(H,23,24). The fraction of sp³-hybridized carbons (Fsp3) is 0. The Morgan fingerprint density at radius 3 is 2.68 bits per heavy atom. The molecule has 0 saturated carbocycles. The van der Waals surface area contributed by atoms with E-state index in [-0.39, 0.29) is 16.1 Å². The fourth-order valence-corrected chi connectivity index (χ4v) is 2.83. The Morgan fingerprint density at radius 2 is 1.96 bits per heavy atom. The summed E-state index contributed by atoms with van der Waals surface area (Å²) in [4.78, 5) is 15.5. The van der Waals surface area contributed by atoms with E-state index in [9.17, 15) is 9.18 Å². The van der Waals surface area contributed by atoms with Gasteiger partial charge in [0, 0.05) is 17.3 Å². The summed E-state index contributed by atoms with van der Waals surface area (Å²) in [7, 11) is 0. The van der Waals surface area contributed by atoms with Gasteiger partial charge in [-0.1, -0.05) is 29.8 Å². The van der Waals surface area contributed by atoms with E-state index in [2.05, 4.69) is 4.98 Å². The van der Waals surface area contributed by atoms with Gasteiger partial charge >= 0.3 is 5.97 Å². The van der Waals surface area contributed by atoms with E-state index >= 15 is 0 Å². The Kier molecular flexibility index (Phi) is 3.54. The van der Waals surface area contributed by atoms with Gasteiger partial charge in [0.25, 0.3) is 0 Å². The van der Waals surface area contributed by atoms with Gasteiger partial charge < -0.3 is 9.52 Å². The molecule has 2 heterocycles. The maximum Gasteiger partial charge on any atom is 0.335 e. The average molecular weight is 357 g/mol. The highest BCUT2D eigenvalue weighted by Gasteiger charge is 2.20. The summed E-state index contributed by atoms with van der Waals surface area (Å²) < 4.78 is 21.5. The number of fused-ring (bicyclic) bond motifs is 1. The van der Waals surface area contributed by atoms with Crippen LogP contribution in [0, 0.1) is 5.82 Å². The number of hydrogen-bond acceptors (Lipinski definition) is 3. The molecular formula is C18H10ClFN2O3. The third-order valence-electron chi connectivity index (χ3n) is 3.85. The van der Waals surface area contributed by atoms with Crippen molar-refractivity contribution in [2.24, 2.45) is 0 Å². The number of oxazole rings is 1. The molecule has 7 heteroatoms. The van der Waals surface area contributed by atoms with Gasteiger partial charge in [0.15, 0.2) is 5.82 Å². The van der Waals surface area contributed by atoms with Crippen molar-refractivity contribution < 1.29 is 18.7 Å². The van der Waals surface area contributed by atoms with Gasteiger partial charge in [-0.05, 0) is 24.3 Å². The molecule has 0 aliphatic rings. The van der Waals surface area contributed by atoms with Gasteiger partial charge in [-0.2, -0.15) is 0 Å². The van der Waals surface area contributed by atoms with Crippen LogP contribution in [0.2, 0.25) is 5.02 Å². The van der Waals surface area contributed by atoms with Gasteiger partial charge in [-0.3, -0.25) is 4.40 Å². The molecule has 124 valence electrons. The molecule has 5 nitrogen and oxygen atoms in total. The van der Waals surface area contributed by atoms with E-state index in [0.717, 1.165) is 0 Å². The summed E-state index contributed by atoms with van der Waals surface area (Å²) in [6.07, 6.45) is 3.13. The molecule has 0 aliphatic heterocycles. The van der Waals surface area contributed by atoms with Crippen molar-refractivity contribution in [1.82, 2.24) is 9.38 Å². The molecule has 0 saturated heterocycles. The molecule has 4 aromatic rings. The molecule has 0 radical (unpaired) electrons. The Morgan fingerprint density at radius 1 is 1.20 bits per heavy atom. The summed E-state index contributed by atoms with van der Waals surface area (Å²) in [6.45, 7) is 0. The zero-order valence-electron chi connectivity index (χ0n) is 12.6. The molecule has 2 aromatic carbocycles. The van der Waals surface area contributed by atoms with E-state index in [0.29, 0.717) is 22.8 Å². The second-order valence-electron chi connectivity index (χ2n) is 5.35. The molecular weight excluding hydrogens is 347 g/mol. The topological polar surface area (TPSA) is 67.7 Å². The summed E-state index contributed by atoms with van der Waals surface area (Å²) in [6, 6.07) is 10.9. The van der Waals surface area contributed by atoms with E-state index in [1.807, 2.05) is 0 Å². The molecule has 0 unspecified atom stereocenters. The molecule has 0 amide bonds. The SMILES string of the molecule is O=C(O)c1ccc(-c2nc(-c3cccc(Cl)c3F)c3occn23)cc1. The number of carbonyl (C=O) groups is 1. The van der Waals surface area contributed by atoms with Crippen molar-refractivity contribution in [3.8, 4) is 22.6 Å². The number of aromatic carboxylic acids is 1. The third kappa shape index (κ3) is 2.47. The van der Waals surface area contributed by atoms with Crippen LogP contribution in [0.1, 0.15) is 10.4 Å². The van der Waals surface area contributed by atoms with Crippen LogP contribution in [0.15, 0.2) is 59.3 Å². The minimum atomic E-state index is -1.01. The first-order valence-electron chi connectivity index (χ1n) is 7.30. The average Bonchev–Trinajstić information content (AvgIpc) is 3.20. The maximum absolute atomic E-state index is 14.4. The van der Waals surface area contributed by atoms with Crippen LogP contribution in [0.3, 0.4) is 0 Å². The van der Waals surface area contributed by atoms with Gasteiger partial charge in [0.2, 0.25) is 5.71 Å². The normalized spacial score (nSPS) is 11.1. The number of aromatic nitrogens is 2. The lowest BCUT2D eigenvalue weighted by molar-refractivity contribution is 0.0697. The number of carboxylic acid groups (broad SMARTS) is 1. The van der Waals surface area contributed by atoms with Crippen molar-refractivity contribution in [2.45, 2.75) is 0 Å². The fourth-order valence-electron chi connectivity index (χ4n) is 2.65. The first-order valence-corrected chi connectivity index (χ1v) is 7.67. The van der Waals surface area contributed by atoms with Crippen LogP contribution >= 0.6 is 11.6 Å². The zero-order valence-corrected chi connectivity index (χ0v) is 13.4. The third-order valence-corrected chi connectivity index (χ3v) is 4.15. The van der Waals surface area contributed by atoms with Crippen LogP contribution < -0.4 is 0 Å². The van der Waals surface area contributed by atoms with Gasteiger partial charge in [-0.25, -0.2) is 14.2 Å². The summed E-state index contributed by atoms with van der Waals surface area (Å²) in [5, 5.41) is 9.00. The van der Waals surface area contributed by atoms with Crippen LogP contribution in [0.25, 0.3) is 28.4 Å². The van der Waals surface area contributed by atoms with Crippen LogP contribution in [0.4, 0.5) is 4.39 Å². The monoisotopic (exact) mass is 356 g/mol. The maximum atomic E-state index is 14.4. The number of imidazole rings is 1. The predicted octanol–water partition coefficient (Wildman–Crippen LogP) is 4.75. The first-order chi connectivity index (χ1) is 12.1. The van der Waals surface area contributed by atoms with Gasteiger partial charge in [-0.15, -0.1) is 0 Å². The Bertz CT molecular complexity index is 1100. The number of hydrogen-bond donors (Lipinski definition) is 1. The smallest absolute Gasteiger partial charge is 0.335 e. The van der Waals surface area contributed by atoms with Gasteiger partial charge in [0.05, 0.1) is 10.6 Å². The number of nitrogens with zero attached hydrogens (tertiary/aromatic N) is 2. The molecule has 1 N–H and O–H groups in total. The number of halogens is 2. The number of carboxylic acids is 1. The van der Waals surface area contributed by atoms with E-state index < -0.39 is 11.8 Å². The minimum Gasteiger partial charge on any atom is -0.478 e. The van der Waals surface area contributed by atoms with Crippen molar-refractivity contribution >= 4 is 23.3 Å². The molecule has 0 aliphatic carbocycles. The summed E-state index contributed by atoms with van der Waals surface area (Å²) in [5.41, 5.74) is 1.77. The minimum absolute atomic E-state index is 0.00225. The van der Waals surface area contributed by atoms with Crippen LogP contribution in [0.5, 0.6) is 0 Å². The second kappa shape index (κ2) is 5.75. The first kappa shape index (κ1) is 15.4. The molecule has 2 aromatic heterocycles. The van der Waals surface area contributed by atoms with Crippen molar-refractivity contribution in [2.75, 3.05) is 0 Å². The van der Waals surface area contributed by atoms with Crippen LogP contribution in [-0.4, -0.2) is 20.5 Å². The van der Waals surface area contributed by atoms with Crippen LogP contribution in [-0.2, 0) is 0 Å². The van der Waals surface area contributed by atoms with Crippen molar-refractivity contribution in [1.29, 1.82) is 0 Å². The molecule has 25 heavy (non-hydrogen) atoms. The molecule has 0 fully saturated rings. The predicted molar refractivity (Wildman–Crippen MR) is 90.3 cm³/mol. The zero-order chi connectivity index (χ0) is 17.6. The van der Waals surface area contributed by atoms with E-state index in [1.54, 1.807) is 34.9 Å². The number of rotatable bonds is 3. The Balaban J connectivity index is 1.91. The Hall–Kier alpha value is -3.12. The summed E-state index contributed by atoms with van der Waals surface area (Å²) in [5.74, 6) is -1.08. The van der Waals surface area contributed by atoms with Crippen molar-refractivity contribution in [3.63, 3.8) is 0 Å². The van der Waals surface area contributed by atoms with Gasteiger partial charge in [0.1, 0.15) is 17.8 Å².